The van der Waals surface area contributed by atoms with Gasteiger partial charge in [-0.1, -0.05) is 11.6 Å². The van der Waals surface area contributed by atoms with E-state index in [-0.39, 0.29) is 0 Å². The fourth-order valence-electron chi connectivity index (χ4n) is 1.99. The molecule has 1 amide bonds. The Morgan fingerprint density at radius 2 is 1.92 bits per heavy atom. The van der Waals surface area contributed by atoms with Gasteiger partial charge in [-0.25, -0.2) is 4.79 Å². The van der Waals surface area contributed by atoms with E-state index in [1.54, 1.807) is 0 Å². The second-order valence-corrected chi connectivity index (χ2v) is 6.84. The molecule has 0 atom stereocenters. The van der Waals surface area contributed by atoms with Crippen molar-refractivity contribution in [1.29, 1.82) is 0 Å². The third-order valence-electron chi connectivity index (χ3n) is 2.98. The van der Waals surface area contributed by atoms with Crippen LogP contribution in [-0.2, 0) is 16.0 Å². The van der Waals surface area contributed by atoms with Gasteiger partial charge in [-0.05, 0) is 45.9 Å². The maximum absolute atomic E-state index is 11.4. The van der Waals surface area contributed by atoms with Crippen molar-refractivity contribution in [3.63, 3.8) is 0 Å². The van der Waals surface area contributed by atoms with Crippen LogP contribution >= 0.6 is 11.6 Å². The largest absolute Gasteiger partial charge is 0.494 e. The molecule has 0 bridgehead atoms. The van der Waals surface area contributed by atoms with Crippen LogP contribution in [0.4, 0.5) is 4.79 Å². The highest BCUT2D eigenvalue weighted by Gasteiger charge is 2.15. The number of carbonyl (C=O) groups is 1. The summed E-state index contributed by atoms with van der Waals surface area (Å²) in [5.41, 5.74) is 0.524. The zero-order chi connectivity index (χ0) is 18.7. The third-order valence-corrected chi connectivity index (χ3v) is 3.21. The van der Waals surface area contributed by atoms with Crippen molar-refractivity contribution < 1.29 is 19.0 Å². The summed E-state index contributed by atoms with van der Waals surface area (Å²) in [6.07, 6.45) is -0.432. The van der Waals surface area contributed by atoms with Crippen molar-refractivity contribution in [3.05, 3.63) is 28.8 Å². The van der Waals surface area contributed by atoms with E-state index in [0.717, 1.165) is 11.3 Å². The predicted octanol–water partition coefficient (Wildman–Crippen LogP) is 3.37. The summed E-state index contributed by atoms with van der Waals surface area (Å²) in [5, 5.41) is 6.61. The number of nitrogens with one attached hydrogen (secondary N) is 2. The Labute approximate surface area is 155 Å². The van der Waals surface area contributed by atoms with E-state index in [1.807, 2.05) is 45.9 Å². The maximum Gasteiger partial charge on any atom is 0.407 e. The van der Waals surface area contributed by atoms with E-state index in [1.165, 1.54) is 0 Å². The molecule has 0 aliphatic carbocycles. The molecular weight excluding hydrogens is 344 g/mol. The Morgan fingerprint density at radius 1 is 1.20 bits per heavy atom. The van der Waals surface area contributed by atoms with Crippen LogP contribution in [0.5, 0.6) is 5.75 Å². The van der Waals surface area contributed by atoms with Crippen LogP contribution in [0.25, 0.3) is 0 Å². The molecule has 0 aliphatic heterocycles. The van der Waals surface area contributed by atoms with Gasteiger partial charge in [-0.3, -0.25) is 0 Å². The minimum atomic E-state index is -0.491. The molecule has 7 heteroatoms. The average molecular weight is 373 g/mol. The van der Waals surface area contributed by atoms with E-state index in [0.29, 0.717) is 44.5 Å². The number of rotatable bonds is 10. The highest BCUT2D eigenvalue weighted by atomic mass is 35.5. The van der Waals surface area contributed by atoms with E-state index in [4.69, 9.17) is 25.8 Å². The quantitative estimate of drug-likeness (QED) is 0.616. The lowest BCUT2D eigenvalue weighted by Crippen LogP contribution is -2.34. The molecule has 0 heterocycles. The summed E-state index contributed by atoms with van der Waals surface area (Å²) in [5.74, 6) is 0.835. The number of hydrogen-bond donors (Lipinski definition) is 2. The van der Waals surface area contributed by atoms with E-state index in [9.17, 15) is 4.79 Å². The molecule has 0 saturated carbocycles. The summed E-state index contributed by atoms with van der Waals surface area (Å²) in [7, 11) is 0. The molecule has 25 heavy (non-hydrogen) atoms. The van der Waals surface area contributed by atoms with Gasteiger partial charge in [0.2, 0.25) is 0 Å². The monoisotopic (exact) mass is 372 g/mol. The number of ether oxygens (including phenoxy) is 3. The summed E-state index contributed by atoms with van der Waals surface area (Å²) < 4.78 is 16.2. The minimum absolute atomic E-state index is 0.414. The standard InChI is InChI=1S/C18H29ClN2O4/c1-5-24-16-7-6-15(19)12-14(16)13-20-8-10-23-11-9-21-17(22)25-18(2,3)4/h6-7,12,20H,5,8-11,13H2,1-4H3,(H,21,22). The number of carbonyl (C=O) groups excluding carboxylic acids is 1. The van der Waals surface area contributed by atoms with Gasteiger partial charge in [0.15, 0.2) is 0 Å². The van der Waals surface area contributed by atoms with Gasteiger partial charge in [0.1, 0.15) is 11.4 Å². The first-order chi connectivity index (χ1) is 11.8. The Balaban J connectivity index is 2.13. The first kappa shape index (κ1) is 21.5. The van der Waals surface area contributed by atoms with Gasteiger partial charge in [-0.2, -0.15) is 0 Å². The highest BCUT2D eigenvalue weighted by molar-refractivity contribution is 6.30. The molecule has 0 aromatic heterocycles. The minimum Gasteiger partial charge on any atom is -0.494 e. The van der Waals surface area contributed by atoms with Crippen LogP contribution in [0.1, 0.15) is 33.3 Å². The molecule has 1 rings (SSSR count). The van der Waals surface area contributed by atoms with Crippen molar-refractivity contribution in [1.82, 2.24) is 10.6 Å². The second kappa shape index (κ2) is 11.2. The third kappa shape index (κ3) is 10.2. The number of halogens is 1. The normalized spacial score (nSPS) is 11.2. The van der Waals surface area contributed by atoms with E-state index < -0.39 is 11.7 Å². The molecule has 2 N–H and O–H groups in total. The van der Waals surface area contributed by atoms with Crippen LogP contribution in [0.2, 0.25) is 5.02 Å². The SMILES string of the molecule is CCOc1ccc(Cl)cc1CNCCOCCNC(=O)OC(C)(C)C. The van der Waals surface area contributed by atoms with Crippen molar-refractivity contribution >= 4 is 17.7 Å². The van der Waals surface area contributed by atoms with Crippen molar-refractivity contribution in [2.75, 3.05) is 32.9 Å². The molecule has 0 spiro atoms. The smallest absolute Gasteiger partial charge is 0.407 e. The molecule has 0 saturated heterocycles. The second-order valence-electron chi connectivity index (χ2n) is 6.40. The van der Waals surface area contributed by atoms with Crippen LogP contribution in [0.15, 0.2) is 18.2 Å². The summed E-state index contributed by atoms with van der Waals surface area (Å²) in [4.78, 5) is 11.4. The predicted molar refractivity (Wildman–Crippen MR) is 99.4 cm³/mol. The molecule has 0 unspecified atom stereocenters. The zero-order valence-corrected chi connectivity index (χ0v) is 16.2. The van der Waals surface area contributed by atoms with Gasteiger partial charge in [-0.15, -0.1) is 0 Å². The lowest BCUT2D eigenvalue weighted by Gasteiger charge is -2.19. The molecule has 0 fully saturated rings. The molecule has 142 valence electrons. The van der Waals surface area contributed by atoms with Gasteiger partial charge >= 0.3 is 6.09 Å². The zero-order valence-electron chi connectivity index (χ0n) is 15.5. The summed E-state index contributed by atoms with van der Waals surface area (Å²) >= 11 is 6.03. The van der Waals surface area contributed by atoms with Gasteiger partial charge in [0, 0.05) is 30.2 Å². The maximum atomic E-state index is 11.4. The Bertz CT molecular complexity index is 532. The van der Waals surface area contributed by atoms with Gasteiger partial charge < -0.3 is 24.8 Å². The van der Waals surface area contributed by atoms with Crippen molar-refractivity contribution in [2.45, 2.75) is 39.8 Å². The van der Waals surface area contributed by atoms with Crippen molar-refractivity contribution in [3.8, 4) is 5.75 Å². The van der Waals surface area contributed by atoms with E-state index >= 15 is 0 Å². The number of alkyl carbamates (subject to hydrolysis) is 1. The van der Waals surface area contributed by atoms with Crippen LogP contribution in [0, 0.1) is 0 Å². The van der Waals surface area contributed by atoms with Crippen molar-refractivity contribution in [2.24, 2.45) is 0 Å². The lowest BCUT2D eigenvalue weighted by atomic mass is 10.2. The molecule has 0 radical (unpaired) electrons. The molecule has 1 aromatic carbocycles. The molecule has 6 nitrogen and oxygen atoms in total. The van der Waals surface area contributed by atoms with Crippen LogP contribution in [-0.4, -0.2) is 44.6 Å². The lowest BCUT2D eigenvalue weighted by molar-refractivity contribution is 0.0500. The van der Waals surface area contributed by atoms with Gasteiger partial charge in [0.25, 0.3) is 0 Å². The molecule has 1 aromatic rings. The van der Waals surface area contributed by atoms with E-state index in [2.05, 4.69) is 10.6 Å². The highest BCUT2D eigenvalue weighted by Crippen LogP contribution is 2.22. The number of hydrogen-bond acceptors (Lipinski definition) is 5. The Hall–Kier alpha value is -1.50. The van der Waals surface area contributed by atoms with Crippen LogP contribution < -0.4 is 15.4 Å². The number of benzene rings is 1. The Morgan fingerprint density at radius 3 is 2.60 bits per heavy atom. The first-order valence-electron chi connectivity index (χ1n) is 8.48. The number of amides is 1. The summed E-state index contributed by atoms with van der Waals surface area (Å²) in [6, 6.07) is 5.59. The van der Waals surface area contributed by atoms with Gasteiger partial charge in [0.05, 0.1) is 19.8 Å². The average Bonchev–Trinajstić information content (AvgIpc) is 2.50. The Kier molecular flexibility index (Phi) is 9.63. The summed E-state index contributed by atoms with van der Waals surface area (Å²) in [6.45, 7) is 10.8. The van der Waals surface area contributed by atoms with Crippen LogP contribution in [0.3, 0.4) is 0 Å². The molecule has 0 aliphatic rings. The fraction of sp³-hybridized carbons (Fsp3) is 0.611. The molecular formula is C18H29ClN2O4. The first-order valence-corrected chi connectivity index (χ1v) is 8.86. The topological polar surface area (TPSA) is 68.8 Å². The fourth-order valence-corrected chi connectivity index (χ4v) is 2.19.